The van der Waals surface area contributed by atoms with E-state index in [0.29, 0.717) is 18.5 Å². The molecule has 0 saturated carbocycles. The maximum atomic E-state index is 12.2. The van der Waals surface area contributed by atoms with Gasteiger partial charge in [-0.1, -0.05) is 6.42 Å². The Balaban J connectivity index is 1.76. The maximum absolute atomic E-state index is 12.2. The van der Waals surface area contributed by atoms with Gasteiger partial charge in [-0.25, -0.2) is 0 Å². The second kappa shape index (κ2) is 5.21. The van der Waals surface area contributed by atoms with Gasteiger partial charge >= 0.3 is 0 Å². The zero-order chi connectivity index (χ0) is 13.4. The van der Waals surface area contributed by atoms with E-state index in [2.05, 4.69) is 10.2 Å². The third-order valence-corrected chi connectivity index (χ3v) is 4.91. The van der Waals surface area contributed by atoms with Crippen molar-refractivity contribution in [1.29, 1.82) is 0 Å². The lowest BCUT2D eigenvalue weighted by molar-refractivity contribution is -0.138. The van der Waals surface area contributed by atoms with Crippen molar-refractivity contribution in [3.63, 3.8) is 0 Å². The van der Waals surface area contributed by atoms with E-state index in [4.69, 9.17) is 0 Å². The summed E-state index contributed by atoms with van der Waals surface area (Å²) in [5.74, 6) is -0.0337. The summed E-state index contributed by atoms with van der Waals surface area (Å²) in [6.07, 6.45) is 6.34. The molecule has 0 bridgehead atoms. The van der Waals surface area contributed by atoms with Crippen LogP contribution in [-0.2, 0) is 9.59 Å². The number of amides is 2. The van der Waals surface area contributed by atoms with E-state index in [9.17, 15) is 9.59 Å². The molecule has 3 rings (SSSR count). The number of carbonyl (C=O) groups excluding carboxylic acids is 2. The average molecular weight is 265 g/mol. The van der Waals surface area contributed by atoms with Crippen molar-refractivity contribution in [2.75, 3.05) is 20.1 Å². The first-order valence-electron chi connectivity index (χ1n) is 7.48. The molecule has 5 heteroatoms. The zero-order valence-corrected chi connectivity index (χ0v) is 11.6. The van der Waals surface area contributed by atoms with E-state index < -0.39 is 0 Å². The van der Waals surface area contributed by atoms with Crippen molar-refractivity contribution >= 4 is 11.8 Å². The fourth-order valence-corrected chi connectivity index (χ4v) is 3.83. The van der Waals surface area contributed by atoms with Gasteiger partial charge in [-0.3, -0.25) is 19.4 Å². The molecule has 3 aliphatic rings. The molecule has 2 amide bonds. The summed E-state index contributed by atoms with van der Waals surface area (Å²) in [5, 5.41) is 3.57. The van der Waals surface area contributed by atoms with Gasteiger partial charge in [0.1, 0.15) is 0 Å². The molecule has 19 heavy (non-hydrogen) atoms. The standard InChI is InChI=1S/C14H23N3O2/c1-16-13(18)9-12(14(16)19)17-8-3-2-6-11(17)10-5-4-7-15-10/h10-12,15H,2-9H2,1H3. The summed E-state index contributed by atoms with van der Waals surface area (Å²) in [7, 11) is 1.61. The summed E-state index contributed by atoms with van der Waals surface area (Å²) in [6.45, 7) is 2.05. The number of rotatable bonds is 2. The minimum atomic E-state index is -0.204. The monoisotopic (exact) mass is 265 g/mol. The topological polar surface area (TPSA) is 52.7 Å². The van der Waals surface area contributed by atoms with Crippen LogP contribution in [0.2, 0.25) is 0 Å². The van der Waals surface area contributed by atoms with E-state index in [0.717, 1.165) is 25.9 Å². The number of nitrogens with zero attached hydrogens (tertiary/aromatic N) is 2. The minimum absolute atomic E-state index is 0.00473. The Morgan fingerprint density at radius 1 is 1.16 bits per heavy atom. The van der Waals surface area contributed by atoms with Crippen LogP contribution in [0.25, 0.3) is 0 Å². The molecule has 5 nitrogen and oxygen atoms in total. The Morgan fingerprint density at radius 2 is 2.00 bits per heavy atom. The second-order valence-corrected chi connectivity index (χ2v) is 6.01. The van der Waals surface area contributed by atoms with Crippen molar-refractivity contribution in [1.82, 2.24) is 15.1 Å². The molecule has 3 unspecified atom stereocenters. The van der Waals surface area contributed by atoms with Gasteiger partial charge in [0, 0.05) is 19.1 Å². The maximum Gasteiger partial charge on any atom is 0.246 e. The van der Waals surface area contributed by atoms with Crippen LogP contribution in [0.1, 0.15) is 38.5 Å². The van der Waals surface area contributed by atoms with Gasteiger partial charge in [0.05, 0.1) is 12.5 Å². The first-order chi connectivity index (χ1) is 9.18. The Kier molecular flexibility index (Phi) is 3.58. The van der Waals surface area contributed by atoms with Crippen molar-refractivity contribution < 1.29 is 9.59 Å². The SMILES string of the molecule is CN1C(=O)CC(N2CCCCC2C2CCCN2)C1=O. The highest BCUT2D eigenvalue weighted by Gasteiger charge is 2.44. The van der Waals surface area contributed by atoms with Crippen LogP contribution in [0.4, 0.5) is 0 Å². The highest BCUT2D eigenvalue weighted by atomic mass is 16.2. The van der Waals surface area contributed by atoms with E-state index in [1.165, 1.54) is 24.2 Å². The van der Waals surface area contributed by atoms with Crippen LogP contribution >= 0.6 is 0 Å². The quantitative estimate of drug-likeness (QED) is 0.732. The molecule has 3 saturated heterocycles. The number of hydrogen-bond acceptors (Lipinski definition) is 4. The smallest absolute Gasteiger partial charge is 0.246 e. The van der Waals surface area contributed by atoms with Gasteiger partial charge in [0.2, 0.25) is 11.8 Å². The lowest BCUT2D eigenvalue weighted by Gasteiger charge is -2.41. The molecule has 3 aliphatic heterocycles. The zero-order valence-electron chi connectivity index (χ0n) is 11.6. The fourth-order valence-electron chi connectivity index (χ4n) is 3.83. The fraction of sp³-hybridized carbons (Fsp3) is 0.857. The number of hydrogen-bond donors (Lipinski definition) is 1. The van der Waals surface area contributed by atoms with Gasteiger partial charge in [-0.2, -0.15) is 0 Å². The Hall–Kier alpha value is -0.940. The van der Waals surface area contributed by atoms with Crippen LogP contribution in [0.15, 0.2) is 0 Å². The molecule has 3 heterocycles. The second-order valence-electron chi connectivity index (χ2n) is 6.01. The molecule has 0 aromatic heterocycles. The number of likely N-dealkylation sites (N-methyl/N-ethyl adjacent to an activating group) is 1. The van der Waals surface area contributed by atoms with Crippen molar-refractivity contribution in [2.24, 2.45) is 0 Å². The van der Waals surface area contributed by atoms with E-state index in [-0.39, 0.29) is 17.9 Å². The number of imide groups is 1. The van der Waals surface area contributed by atoms with E-state index >= 15 is 0 Å². The summed E-state index contributed by atoms with van der Waals surface area (Å²) < 4.78 is 0. The minimum Gasteiger partial charge on any atom is -0.312 e. The third-order valence-electron chi connectivity index (χ3n) is 4.91. The van der Waals surface area contributed by atoms with Gasteiger partial charge in [-0.05, 0) is 38.8 Å². The van der Waals surface area contributed by atoms with Gasteiger partial charge in [0.15, 0.2) is 0 Å². The lowest BCUT2D eigenvalue weighted by atomic mass is 9.92. The average Bonchev–Trinajstić information content (AvgIpc) is 3.04. The molecule has 0 spiro atoms. The summed E-state index contributed by atoms with van der Waals surface area (Å²) >= 11 is 0. The normalized spacial score (nSPS) is 37.3. The molecule has 3 fully saturated rings. The number of piperidine rings is 1. The molecular formula is C14H23N3O2. The predicted molar refractivity (Wildman–Crippen MR) is 71.6 cm³/mol. The largest absolute Gasteiger partial charge is 0.312 e. The highest BCUT2D eigenvalue weighted by Crippen LogP contribution is 2.29. The molecule has 0 radical (unpaired) electrons. The van der Waals surface area contributed by atoms with Crippen molar-refractivity contribution in [3.05, 3.63) is 0 Å². The van der Waals surface area contributed by atoms with E-state index in [1.807, 2.05) is 0 Å². The van der Waals surface area contributed by atoms with Crippen LogP contribution in [-0.4, -0.2) is 59.9 Å². The van der Waals surface area contributed by atoms with Crippen molar-refractivity contribution in [2.45, 2.75) is 56.7 Å². The van der Waals surface area contributed by atoms with E-state index in [1.54, 1.807) is 7.05 Å². The summed E-state index contributed by atoms with van der Waals surface area (Å²) in [4.78, 5) is 27.6. The van der Waals surface area contributed by atoms with Crippen LogP contribution in [0.5, 0.6) is 0 Å². The summed E-state index contributed by atoms with van der Waals surface area (Å²) in [6, 6.07) is 0.740. The highest BCUT2D eigenvalue weighted by molar-refractivity contribution is 6.05. The first-order valence-corrected chi connectivity index (χ1v) is 7.48. The Bertz CT molecular complexity index is 379. The predicted octanol–water partition coefficient (Wildman–Crippen LogP) is 0.350. The number of carbonyl (C=O) groups is 2. The van der Waals surface area contributed by atoms with Gasteiger partial charge in [-0.15, -0.1) is 0 Å². The van der Waals surface area contributed by atoms with Gasteiger partial charge < -0.3 is 5.32 Å². The molecule has 0 aromatic rings. The summed E-state index contributed by atoms with van der Waals surface area (Å²) in [5.41, 5.74) is 0. The molecule has 0 aliphatic carbocycles. The number of likely N-dealkylation sites (tertiary alicyclic amines) is 2. The number of nitrogens with one attached hydrogen (secondary N) is 1. The third kappa shape index (κ3) is 2.30. The van der Waals surface area contributed by atoms with Gasteiger partial charge in [0.25, 0.3) is 0 Å². The first kappa shape index (κ1) is 13.1. The lowest BCUT2D eigenvalue weighted by Crippen LogP contribution is -2.55. The van der Waals surface area contributed by atoms with Crippen LogP contribution in [0, 0.1) is 0 Å². The molecule has 106 valence electrons. The van der Waals surface area contributed by atoms with Crippen LogP contribution < -0.4 is 5.32 Å². The Morgan fingerprint density at radius 3 is 2.63 bits per heavy atom. The molecule has 1 N–H and O–H groups in total. The van der Waals surface area contributed by atoms with Crippen molar-refractivity contribution in [3.8, 4) is 0 Å². The molecule has 3 atom stereocenters. The molecular weight excluding hydrogens is 242 g/mol. The Labute approximate surface area is 114 Å². The molecule has 0 aromatic carbocycles. The van der Waals surface area contributed by atoms with Crippen LogP contribution in [0.3, 0.4) is 0 Å².